The van der Waals surface area contributed by atoms with Gasteiger partial charge < -0.3 is 15.1 Å². The number of hydrogen-bond acceptors (Lipinski definition) is 6. The van der Waals surface area contributed by atoms with Crippen LogP contribution in [0.4, 0.5) is 5.95 Å². The summed E-state index contributed by atoms with van der Waals surface area (Å²) in [5.74, 6) is 2.00. The van der Waals surface area contributed by atoms with E-state index in [2.05, 4.69) is 20.6 Å². The van der Waals surface area contributed by atoms with Gasteiger partial charge in [-0.15, -0.1) is 0 Å². The van der Waals surface area contributed by atoms with Crippen LogP contribution in [0.2, 0.25) is 0 Å². The van der Waals surface area contributed by atoms with Crippen LogP contribution in [0, 0.1) is 13.8 Å². The Morgan fingerprint density at radius 1 is 1.35 bits per heavy atom. The van der Waals surface area contributed by atoms with Gasteiger partial charge in [0.25, 0.3) is 0 Å². The minimum Gasteiger partial charge on any atom is -0.467 e. The maximum atomic E-state index is 12.4. The Kier molecular flexibility index (Phi) is 6.46. The maximum absolute atomic E-state index is 12.4. The number of aryl methyl sites for hydroxylation is 2. The zero-order chi connectivity index (χ0) is 16.7. The van der Waals surface area contributed by atoms with Gasteiger partial charge in [0.2, 0.25) is 11.9 Å². The van der Waals surface area contributed by atoms with Gasteiger partial charge in [-0.05, 0) is 50.5 Å². The molecule has 0 aromatic carbocycles. The lowest BCUT2D eigenvalue weighted by molar-refractivity contribution is -0.122. The second kappa shape index (κ2) is 8.57. The first-order valence-electron chi connectivity index (χ1n) is 7.46. The van der Waals surface area contributed by atoms with Crippen LogP contribution in [0.25, 0.3) is 0 Å². The van der Waals surface area contributed by atoms with Crippen LogP contribution >= 0.6 is 11.8 Å². The molecule has 1 atom stereocenters. The van der Waals surface area contributed by atoms with Crippen molar-refractivity contribution in [1.82, 2.24) is 15.3 Å². The normalized spacial score (nSPS) is 12.0. The van der Waals surface area contributed by atoms with E-state index in [1.54, 1.807) is 24.1 Å². The second-order valence-corrected chi connectivity index (χ2v) is 6.24. The predicted molar refractivity (Wildman–Crippen MR) is 92.5 cm³/mol. The van der Waals surface area contributed by atoms with E-state index >= 15 is 0 Å². The minimum atomic E-state index is -0.376. The number of carbonyl (C=O) groups excluding carboxylic acids is 1. The smallest absolute Gasteiger partial charge is 0.242 e. The van der Waals surface area contributed by atoms with E-state index < -0.39 is 0 Å². The summed E-state index contributed by atoms with van der Waals surface area (Å²) in [5, 5.41) is 6.03. The Morgan fingerprint density at radius 3 is 2.70 bits per heavy atom. The summed E-state index contributed by atoms with van der Waals surface area (Å²) < 4.78 is 5.23. The van der Waals surface area contributed by atoms with E-state index in [9.17, 15) is 4.79 Å². The molecule has 0 unspecified atom stereocenters. The zero-order valence-electron chi connectivity index (χ0n) is 13.6. The van der Waals surface area contributed by atoms with Crippen LogP contribution in [-0.2, 0) is 11.3 Å². The Bertz CT molecular complexity index is 611. The summed E-state index contributed by atoms with van der Waals surface area (Å²) in [6, 6.07) is 5.16. The summed E-state index contributed by atoms with van der Waals surface area (Å²) in [5.41, 5.74) is 1.75. The molecule has 0 saturated carbocycles. The molecular weight excluding hydrogens is 312 g/mol. The maximum Gasteiger partial charge on any atom is 0.242 e. The van der Waals surface area contributed by atoms with Crippen molar-refractivity contribution in [2.24, 2.45) is 0 Å². The highest BCUT2D eigenvalue weighted by Gasteiger charge is 2.19. The van der Waals surface area contributed by atoms with Crippen molar-refractivity contribution in [2.75, 3.05) is 17.3 Å². The molecule has 124 valence electrons. The number of rotatable bonds is 8. The van der Waals surface area contributed by atoms with E-state index in [0.717, 1.165) is 22.9 Å². The highest BCUT2D eigenvalue weighted by Crippen LogP contribution is 2.10. The van der Waals surface area contributed by atoms with Gasteiger partial charge >= 0.3 is 0 Å². The first kappa shape index (κ1) is 17.3. The fraction of sp³-hybridized carbons (Fsp3) is 0.438. The Labute approximate surface area is 140 Å². The van der Waals surface area contributed by atoms with E-state index in [4.69, 9.17) is 4.42 Å². The van der Waals surface area contributed by atoms with Gasteiger partial charge in [0.15, 0.2) is 0 Å². The zero-order valence-corrected chi connectivity index (χ0v) is 14.4. The lowest BCUT2D eigenvalue weighted by atomic mass is 10.2. The molecule has 7 heteroatoms. The standard InChI is InChI=1S/C16H22N4O2S/c1-11-9-12(2)19-16(18-11)20-14(6-8-23-3)15(21)17-10-13-5-4-7-22-13/h4-5,7,9,14H,6,8,10H2,1-3H3,(H,17,21)(H,18,19,20)/t14-/m1/s1. The summed E-state index contributed by atoms with van der Waals surface area (Å²) in [7, 11) is 0. The first-order valence-corrected chi connectivity index (χ1v) is 8.85. The van der Waals surface area contributed by atoms with E-state index in [1.165, 1.54) is 0 Å². The number of aromatic nitrogens is 2. The number of nitrogens with one attached hydrogen (secondary N) is 2. The molecule has 2 N–H and O–H groups in total. The topological polar surface area (TPSA) is 80.0 Å². The van der Waals surface area contributed by atoms with Crippen LogP contribution < -0.4 is 10.6 Å². The quantitative estimate of drug-likeness (QED) is 0.772. The highest BCUT2D eigenvalue weighted by atomic mass is 32.2. The third kappa shape index (κ3) is 5.59. The average Bonchev–Trinajstić information content (AvgIpc) is 3.01. The molecule has 2 rings (SSSR count). The number of nitrogens with zero attached hydrogens (tertiary/aromatic N) is 2. The molecule has 0 aliphatic carbocycles. The molecule has 0 aliphatic rings. The molecule has 0 aliphatic heterocycles. The first-order chi connectivity index (χ1) is 11.1. The Morgan fingerprint density at radius 2 is 2.09 bits per heavy atom. The molecule has 2 aromatic rings. The number of thioether (sulfide) groups is 1. The van der Waals surface area contributed by atoms with Gasteiger partial charge in [0, 0.05) is 11.4 Å². The lowest BCUT2D eigenvalue weighted by Gasteiger charge is -2.18. The number of anilines is 1. The van der Waals surface area contributed by atoms with Crippen molar-refractivity contribution in [2.45, 2.75) is 32.9 Å². The monoisotopic (exact) mass is 334 g/mol. The molecular formula is C16H22N4O2S. The highest BCUT2D eigenvalue weighted by molar-refractivity contribution is 7.98. The second-order valence-electron chi connectivity index (χ2n) is 5.25. The van der Waals surface area contributed by atoms with Crippen LogP contribution in [0.3, 0.4) is 0 Å². The third-order valence-corrected chi connectivity index (χ3v) is 3.87. The van der Waals surface area contributed by atoms with Crippen molar-refractivity contribution in [1.29, 1.82) is 0 Å². The molecule has 6 nitrogen and oxygen atoms in total. The molecule has 2 heterocycles. The number of carbonyl (C=O) groups is 1. The van der Waals surface area contributed by atoms with Crippen molar-refractivity contribution in [3.05, 3.63) is 41.6 Å². The van der Waals surface area contributed by atoms with Crippen LogP contribution in [0.1, 0.15) is 23.6 Å². The molecule has 0 radical (unpaired) electrons. The van der Waals surface area contributed by atoms with Crippen LogP contribution in [-0.4, -0.2) is 33.9 Å². The largest absolute Gasteiger partial charge is 0.467 e. The van der Waals surface area contributed by atoms with E-state index in [-0.39, 0.29) is 11.9 Å². The number of furan rings is 1. The van der Waals surface area contributed by atoms with Gasteiger partial charge in [-0.3, -0.25) is 4.79 Å². The molecule has 1 amide bonds. The molecule has 2 aromatic heterocycles. The molecule has 0 saturated heterocycles. The van der Waals surface area contributed by atoms with Gasteiger partial charge in [0.1, 0.15) is 11.8 Å². The van der Waals surface area contributed by atoms with Crippen molar-refractivity contribution >= 4 is 23.6 Å². The summed E-state index contributed by atoms with van der Waals surface area (Å²) in [6.07, 6.45) is 4.31. The fourth-order valence-corrected chi connectivity index (χ4v) is 2.63. The van der Waals surface area contributed by atoms with Crippen molar-refractivity contribution < 1.29 is 9.21 Å². The Balaban J connectivity index is 2.01. The van der Waals surface area contributed by atoms with Crippen molar-refractivity contribution in [3.8, 4) is 0 Å². The molecule has 0 spiro atoms. The SMILES string of the molecule is CSCC[C@@H](Nc1nc(C)cc(C)n1)C(=O)NCc1ccco1. The summed E-state index contributed by atoms with van der Waals surface area (Å²) in [6.45, 7) is 4.19. The summed E-state index contributed by atoms with van der Waals surface area (Å²) in [4.78, 5) is 21.1. The van der Waals surface area contributed by atoms with Crippen LogP contribution in [0.15, 0.2) is 28.9 Å². The van der Waals surface area contributed by atoms with Crippen molar-refractivity contribution in [3.63, 3.8) is 0 Å². The Hall–Kier alpha value is -2.02. The van der Waals surface area contributed by atoms with E-state index in [0.29, 0.717) is 18.9 Å². The third-order valence-electron chi connectivity index (χ3n) is 3.23. The van der Waals surface area contributed by atoms with Gasteiger partial charge in [-0.2, -0.15) is 11.8 Å². The molecule has 0 bridgehead atoms. The van der Waals surface area contributed by atoms with Gasteiger partial charge in [0.05, 0.1) is 12.8 Å². The fourth-order valence-electron chi connectivity index (χ4n) is 2.16. The average molecular weight is 334 g/mol. The lowest BCUT2D eigenvalue weighted by Crippen LogP contribution is -2.40. The van der Waals surface area contributed by atoms with Gasteiger partial charge in [-0.1, -0.05) is 0 Å². The summed E-state index contributed by atoms with van der Waals surface area (Å²) >= 11 is 1.70. The van der Waals surface area contributed by atoms with Crippen LogP contribution in [0.5, 0.6) is 0 Å². The van der Waals surface area contributed by atoms with Gasteiger partial charge in [-0.25, -0.2) is 9.97 Å². The number of hydrogen-bond donors (Lipinski definition) is 2. The van der Waals surface area contributed by atoms with E-state index in [1.807, 2.05) is 32.2 Å². The predicted octanol–water partition coefficient (Wildman–Crippen LogP) is 2.54. The molecule has 23 heavy (non-hydrogen) atoms. The minimum absolute atomic E-state index is 0.0850. The number of amides is 1. The molecule has 0 fully saturated rings.